The molecule has 5 rings (SSSR count). The standard InChI is InChI=1S/C32H35ClN4O5/c1-40-24-9-7-8-23(20-24)28-21-29(26-11-4-6-13-30(26)41-2)37(34-28)31(38)22-36(15-14-35-16-18-42-19-17-35)32(39)25-10-3-5-12-27(25)33/h3-13,20,29H,14-19,21-22H2,1-2H3. The maximum atomic E-state index is 14.1. The number of halogens is 1. The van der Waals surface area contributed by atoms with E-state index in [4.69, 9.17) is 30.9 Å². The van der Waals surface area contributed by atoms with Crippen LogP contribution in [-0.2, 0) is 9.53 Å². The number of carbonyl (C=O) groups excluding carboxylic acids is 2. The Balaban J connectivity index is 1.45. The van der Waals surface area contributed by atoms with Crippen molar-refractivity contribution >= 4 is 29.1 Å². The number of ether oxygens (including phenoxy) is 3. The second-order valence-electron chi connectivity index (χ2n) is 10.1. The van der Waals surface area contributed by atoms with Crippen molar-refractivity contribution in [3.63, 3.8) is 0 Å². The van der Waals surface area contributed by atoms with Crippen molar-refractivity contribution in [1.82, 2.24) is 14.8 Å². The molecule has 3 aromatic rings. The summed E-state index contributed by atoms with van der Waals surface area (Å²) in [7, 11) is 3.23. The van der Waals surface area contributed by atoms with Gasteiger partial charge in [0, 0.05) is 43.7 Å². The Hall–Kier alpha value is -3.92. The van der Waals surface area contributed by atoms with E-state index in [2.05, 4.69) is 4.90 Å². The number of nitrogens with zero attached hydrogens (tertiary/aromatic N) is 4. The molecule has 2 aliphatic rings. The minimum Gasteiger partial charge on any atom is -0.497 e. The van der Waals surface area contributed by atoms with E-state index in [1.54, 1.807) is 43.4 Å². The third-order valence-corrected chi connectivity index (χ3v) is 7.90. The molecule has 220 valence electrons. The lowest BCUT2D eigenvalue weighted by Gasteiger charge is -2.31. The molecule has 2 aliphatic heterocycles. The Kier molecular flexibility index (Phi) is 9.74. The van der Waals surface area contributed by atoms with Crippen LogP contribution in [0.15, 0.2) is 77.9 Å². The first kappa shape index (κ1) is 29.6. The minimum atomic E-state index is -0.411. The van der Waals surface area contributed by atoms with Crippen LogP contribution in [0, 0.1) is 0 Å². The summed E-state index contributed by atoms with van der Waals surface area (Å²) in [5, 5.41) is 6.66. The third kappa shape index (κ3) is 6.75. The van der Waals surface area contributed by atoms with Crippen LogP contribution in [0.2, 0.25) is 5.02 Å². The molecule has 2 amide bonds. The molecule has 10 heteroatoms. The van der Waals surface area contributed by atoms with Gasteiger partial charge in [-0.25, -0.2) is 5.01 Å². The minimum absolute atomic E-state index is 0.158. The van der Waals surface area contributed by atoms with E-state index in [1.165, 1.54) is 5.01 Å². The maximum Gasteiger partial charge on any atom is 0.262 e. The monoisotopic (exact) mass is 590 g/mol. The van der Waals surface area contributed by atoms with Crippen molar-refractivity contribution < 1.29 is 23.8 Å². The normalized spacial score (nSPS) is 17.1. The number of methoxy groups -OCH3 is 2. The Morgan fingerprint density at radius 1 is 1.00 bits per heavy atom. The molecule has 1 fully saturated rings. The Bertz CT molecular complexity index is 1440. The molecule has 1 saturated heterocycles. The van der Waals surface area contributed by atoms with Gasteiger partial charge in [-0.15, -0.1) is 0 Å². The summed E-state index contributed by atoms with van der Waals surface area (Å²) in [5.74, 6) is 0.769. The summed E-state index contributed by atoms with van der Waals surface area (Å²) in [6.07, 6.45) is 0.478. The van der Waals surface area contributed by atoms with Gasteiger partial charge in [0.25, 0.3) is 11.8 Å². The zero-order valence-corrected chi connectivity index (χ0v) is 24.6. The van der Waals surface area contributed by atoms with E-state index in [-0.39, 0.29) is 18.4 Å². The van der Waals surface area contributed by atoms with E-state index in [0.717, 1.165) is 29.9 Å². The van der Waals surface area contributed by atoms with Gasteiger partial charge in [-0.05, 0) is 30.3 Å². The summed E-state index contributed by atoms with van der Waals surface area (Å²) in [6.45, 7) is 3.66. The van der Waals surface area contributed by atoms with Gasteiger partial charge in [-0.1, -0.05) is 54.1 Å². The van der Waals surface area contributed by atoms with E-state index < -0.39 is 6.04 Å². The fourth-order valence-corrected chi connectivity index (χ4v) is 5.50. The number of carbonyl (C=O) groups is 2. The molecule has 1 atom stereocenters. The van der Waals surface area contributed by atoms with Crippen LogP contribution in [-0.4, -0.2) is 92.5 Å². The molecule has 2 heterocycles. The lowest BCUT2D eigenvalue weighted by atomic mass is 9.97. The highest BCUT2D eigenvalue weighted by atomic mass is 35.5. The van der Waals surface area contributed by atoms with Crippen LogP contribution in [0.4, 0.5) is 0 Å². The molecular weight excluding hydrogens is 556 g/mol. The maximum absolute atomic E-state index is 14.1. The number of benzene rings is 3. The van der Waals surface area contributed by atoms with Crippen LogP contribution in [0.1, 0.15) is 33.9 Å². The number of hydrogen-bond donors (Lipinski definition) is 0. The van der Waals surface area contributed by atoms with Gasteiger partial charge in [0.2, 0.25) is 0 Å². The van der Waals surface area contributed by atoms with Crippen LogP contribution in [0.5, 0.6) is 11.5 Å². The van der Waals surface area contributed by atoms with E-state index >= 15 is 0 Å². The van der Waals surface area contributed by atoms with Gasteiger partial charge in [-0.2, -0.15) is 5.10 Å². The first-order valence-corrected chi connectivity index (χ1v) is 14.4. The highest BCUT2D eigenvalue weighted by molar-refractivity contribution is 6.33. The largest absolute Gasteiger partial charge is 0.497 e. The van der Waals surface area contributed by atoms with Crippen LogP contribution in [0.25, 0.3) is 0 Å². The Labute approximate surface area is 251 Å². The molecule has 1 unspecified atom stereocenters. The molecule has 0 radical (unpaired) electrons. The first-order valence-electron chi connectivity index (χ1n) is 14.0. The summed E-state index contributed by atoms with van der Waals surface area (Å²) in [6, 6.07) is 21.7. The van der Waals surface area contributed by atoms with Gasteiger partial charge in [0.15, 0.2) is 0 Å². The first-order chi connectivity index (χ1) is 20.5. The van der Waals surface area contributed by atoms with Crippen molar-refractivity contribution in [1.29, 1.82) is 0 Å². The number of para-hydroxylation sites is 1. The Morgan fingerprint density at radius 2 is 1.76 bits per heavy atom. The molecule has 0 spiro atoms. The predicted octanol–water partition coefficient (Wildman–Crippen LogP) is 4.51. The average molecular weight is 591 g/mol. The van der Waals surface area contributed by atoms with Gasteiger partial charge >= 0.3 is 0 Å². The van der Waals surface area contributed by atoms with E-state index in [9.17, 15) is 9.59 Å². The fraction of sp³-hybridized carbons (Fsp3) is 0.344. The quantitative estimate of drug-likeness (QED) is 0.346. The average Bonchev–Trinajstić information content (AvgIpc) is 3.49. The third-order valence-electron chi connectivity index (χ3n) is 7.57. The van der Waals surface area contributed by atoms with E-state index in [1.807, 2.05) is 48.5 Å². The molecule has 0 saturated carbocycles. The van der Waals surface area contributed by atoms with Gasteiger partial charge in [0.05, 0.1) is 49.8 Å². The fourth-order valence-electron chi connectivity index (χ4n) is 5.28. The van der Waals surface area contributed by atoms with E-state index in [0.29, 0.717) is 54.8 Å². The summed E-state index contributed by atoms with van der Waals surface area (Å²) < 4.78 is 16.5. The molecule has 42 heavy (non-hydrogen) atoms. The van der Waals surface area contributed by atoms with Crippen LogP contribution >= 0.6 is 11.6 Å². The predicted molar refractivity (Wildman–Crippen MR) is 161 cm³/mol. The van der Waals surface area contributed by atoms with Crippen molar-refractivity contribution in [2.75, 3.05) is 60.2 Å². The molecule has 0 aromatic heterocycles. The number of hydrogen-bond acceptors (Lipinski definition) is 7. The number of hydrazone groups is 1. The zero-order chi connectivity index (χ0) is 29.5. The molecule has 3 aromatic carbocycles. The summed E-state index contributed by atoms with van der Waals surface area (Å²) in [4.78, 5) is 31.7. The highest BCUT2D eigenvalue weighted by Crippen LogP contribution is 2.38. The molecule has 0 N–H and O–H groups in total. The lowest BCUT2D eigenvalue weighted by molar-refractivity contribution is -0.133. The smallest absolute Gasteiger partial charge is 0.262 e. The topological polar surface area (TPSA) is 83.9 Å². The van der Waals surface area contributed by atoms with Gasteiger partial charge < -0.3 is 19.1 Å². The van der Waals surface area contributed by atoms with Gasteiger partial charge in [-0.3, -0.25) is 14.5 Å². The van der Waals surface area contributed by atoms with Crippen molar-refractivity contribution in [2.24, 2.45) is 5.10 Å². The number of morpholine rings is 1. The van der Waals surface area contributed by atoms with Crippen LogP contribution < -0.4 is 9.47 Å². The number of amides is 2. The van der Waals surface area contributed by atoms with Crippen LogP contribution in [0.3, 0.4) is 0 Å². The van der Waals surface area contributed by atoms with Gasteiger partial charge in [0.1, 0.15) is 18.0 Å². The summed E-state index contributed by atoms with van der Waals surface area (Å²) >= 11 is 6.41. The molecule has 9 nitrogen and oxygen atoms in total. The molecular formula is C32H35ClN4O5. The molecule has 0 aliphatic carbocycles. The lowest BCUT2D eigenvalue weighted by Crippen LogP contribution is -2.46. The van der Waals surface area contributed by atoms with Crippen molar-refractivity contribution in [3.8, 4) is 11.5 Å². The second-order valence-corrected chi connectivity index (χ2v) is 10.5. The number of rotatable bonds is 10. The van der Waals surface area contributed by atoms with Crippen molar-refractivity contribution in [3.05, 3.63) is 94.5 Å². The zero-order valence-electron chi connectivity index (χ0n) is 23.9. The Morgan fingerprint density at radius 3 is 2.52 bits per heavy atom. The SMILES string of the molecule is COc1cccc(C2=NN(C(=O)CN(CCN3CCOCC3)C(=O)c3ccccc3Cl)C(c3ccccc3OC)C2)c1. The second kappa shape index (κ2) is 13.8. The highest BCUT2D eigenvalue weighted by Gasteiger charge is 2.36. The van der Waals surface area contributed by atoms with Crippen molar-refractivity contribution in [2.45, 2.75) is 12.5 Å². The molecule has 0 bridgehead atoms. The summed E-state index contributed by atoms with van der Waals surface area (Å²) in [5.41, 5.74) is 2.81.